The molecular weight excluding hydrogens is 310 g/mol. The van der Waals surface area contributed by atoms with E-state index in [9.17, 15) is 9.00 Å². The van der Waals surface area contributed by atoms with E-state index in [2.05, 4.69) is 25.5 Å². The van der Waals surface area contributed by atoms with E-state index in [1.807, 2.05) is 32.9 Å². The van der Waals surface area contributed by atoms with Gasteiger partial charge in [-0.25, -0.2) is 13.7 Å². The Hall–Kier alpha value is -1.20. The number of hydrogen-bond acceptors (Lipinski definition) is 3. The fourth-order valence-electron chi connectivity index (χ4n) is 2.05. The zero-order chi connectivity index (χ0) is 17.8. The number of carbonyl (C=O) groups excluding carboxylic acids is 1. The van der Waals surface area contributed by atoms with Crippen molar-refractivity contribution in [2.75, 3.05) is 6.61 Å². The molecule has 0 aliphatic rings. The maximum atomic E-state index is 12.5. The summed E-state index contributed by atoms with van der Waals surface area (Å²) in [6.45, 7) is 14.3. The van der Waals surface area contributed by atoms with E-state index in [4.69, 9.17) is 4.74 Å². The molecule has 1 N–H and O–H groups in total. The Balaban J connectivity index is 3.05. The van der Waals surface area contributed by atoms with Gasteiger partial charge in [0.1, 0.15) is 0 Å². The van der Waals surface area contributed by atoms with Crippen LogP contribution in [0.1, 0.15) is 70.4 Å². The highest BCUT2D eigenvalue weighted by molar-refractivity contribution is 7.84. The summed E-state index contributed by atoms with van der Waals surface area (Å²) in [7, 11) is -1.17. The van der Waals surface area contributed by atoms with Gasteiger partial charge in [-0.05, 0) is 50.8 Å². The minimum Gasteiger partial charge on any atom is -0.462 e. The molecule has 4 nitrogen and oxygen atoms in total. The lowest BCUT2D eigenvalue weighted by Gasteiger charge is -2.34. The zero-order valence-corrected chi connectivity index (χ0v) is 16.0. The summed E-state index contributed by atoms with van der Waals surface area (Å²) in [5.41, 5.74) is 1.41. The number of hydrogen-bond donors (Lipinski definition) is 1. The summed E-state index contributed by atoms with van der Waals surface area (Å²) in [4.78, 5) is 11.7. The van der Waals surface area contributed by atoms with Crippen molar-refractivity contribution in [1.82, 2.24) is 4.72 Å². The zero-order valence-electron chi connectivity index (χ0n) is 15.2. The molecule has 0 amide bonds. The molecule has 23 heavy (non-hydrogen) atoms. The van der Waals surface area contributed by atoms with Crippen LogP contribution in [0.4, 0.5) is 0 Å². The Morgan fingerprint density at radius 3 is 2.04 bits per heavy atom. The van der Waals surface area contributed by atoms with Crippen LogP contribution in [0.25, 0.3) is 0 Å². The fourth-order valence-corrected chi connectivity index (χ4v) is 3.11. The van der Waals surface area contributed by atoms with Gasteiger partial charge in [0.2, 0.25) is 0 Å². The van der Waals surface area contributed by atoms with Crippen molar-refractivity contribution in [2.24, 2.45) is 5.41 Å². The first-order chi connectivity index (χ1) is 10.5. The highest BCUT2D eigenvalue weighted by Gasteiger charge is 2.31. The third kappa shape index (κ3) is 5.74. The van der Waals surface area contributed by atoms with Gasteiger partial charge in [-0.15, -0.1) is 0 Å². The Bertz CT molecular complexity index is 553. The van der Waals surface area contributed by atoms with Gasteiger partial charge >= 0.3 is 5.97 Å². The molecule has 1 aromatic carbocycles. The molecule has 0 heterocycles. The second kappa shape index (κ2) is 7.58. The molecule has 0 aliphatic carbocycles. The number of benzene rings is 1. The van der Waals surface area contributed by atoms with Crippen LogP contribution in [0.5, 0.6) is 0 Å². The predicted octanol–water partition coefficient (Wildman–Crippen LogP) is 4.00. The first-order valence-electron chi connectivity index (χ1n) is 7.92. The second-order valence-electron chi connectivity index (χ2n) is 7.64. The van der Waals surface area contributed by atoms with E-state index in [0.717, 1.165) is 5.56 Å². The van der Waals surface area contributed by atoms with Crippen LogP contribution in [-0.4, -0.2) is 21.5 Å². The largest absolute Gasteiger partial charge is 0.462 e. The van der Waals surface area contributed by atoms with Crippen molar-refractivity contribution in [1.29, 1.82) is 0 Å². The molecule has 0 radical (unpaired) electrons. The van der Waals surface area contributed by atoms with Crippen LogP contribution in [0.3, 0.4) is 0 Å². The van der Waals surface area contributed by atoms with Crippen LogP contribution in [0, 0.1) is 5.41 Å². The Morgan fingerprint density at radius 2 is 1.65 bits per heavy atom. The normalized spacial score (nSPS) is 15.1. The van der Waals surface area contributed by atoms with Gasteiger partial charge < -0.3 is 4.74 Å². The third-order valence-electron chi connectivity index (χ3n) is 3.40. The molecule has 0 saturated heterocycles. The SMILES string of the molecule is CCOC(=O)c1ccc(C(NS(=O)C(C)(C)C)C(C)(C)C)cc1. The van der Waals surface area contributed by atoms with Crippen LogP contribution >= 0.6 is 0 Å². The van der Waals surface area contributed by atoms with Gasteiger partial charge in [-0.2, -0.15) is 0 Å². The van der Waals surface area contributed by atoms with Crippen LogP contribution < -0.4 is 4.72 Å². The number of nitrogens with one attached hydrogen (secondary N) is 1. The second-order valence-corrected chi connectivity index (χ2v) is 9.64. The lowest BCUT2D eigenvalue weighted by Crippen LogP contribution is -2.40. The Labute approximate surface area is 142 Å². The van der Waals surface area contributed by atoms with E-state index >= 15 is 0 Å². The number of ether oxygens (including phenoxy) is 1. The highest BCUT2D eigenvalue weighted by Crippen LogP contribution is 2.34. The van der Waals surface area contributed by atoms with Gasteiger partial charge in [0.05, 0.1) is 27.9 Å². The lowest BCUT2D eigenvalue weighted by molar-refractivity contribution is 0.0526. The number of esters is 1. The average molecular weight is 340 g/mol. The molecular formula is C18H29NO3S. The van der Waals surface area contributed by atoms with Gasteiger partial charge in [0.15, 0.2) is 0 Å². The highest BCUT2D eigenvalue weighted by atomic mass is 32.2. The summed E-state index contributed by atoms with van der Waals surface area (Å²) in [5.74, 6) is -0.322. The molecule has 0 fully saturated rings. The molecule has 130 valence electrons. The maximum Gasteiger partial charge on any atom is 0.338 e. The van der Waals surface area contributed by atoms with Crippen molar-refractivity contribution < 1.29 is 13.7 Å². The van der Waals surface area contributed by atoms with E-state index < -0.39 is 11.0 Å². The topological polar surface area (TPSA) is 55.4 Å². The first kappa shape index (κ1) is 19.8. The Kier molecular flexibility index (Phi) is 6.54. The first-order valence-corrected chi connectivity index (χ1v) is 9.07. The monoisotopic (exact) mass is 339 g/mol. The average Bonchev–Trinajstić information content (AvgIpc) is 2.42. The Morgan fingerprint density at radius 1 is 1.13 bits per heavy atom. The van der Waals surface area contributed by atoms with Crippen LogP contribution in [0.2, 0.25) is 0 Å². The van der Waals surface area contributed by atoms with Gasteiger partial charge in [0.25, 0.3) is 0 Å². The van der Waals surface area contributed by atoms with Crippen LogP contribution in [0.15, 0.2) is 24.3 Å². The van der Waals surface area contributed by atoms with E-state index in [1.54, 1.807) is 19.1 Å². The summed E-state index contributed by atoms with van der Waals surface area (Å²) in [6.07, 6.45) is 0. The number of carbonyl (C=O) groups is 1. The quantitative estimate of drug-likeness (QED) is 0.825. The molecule has 5 heteroatoms. The van der Waals surface area contributed by atoms with Crippen molar-refractivity contribution in [2.45, 2.75) is 59.3 Å². The van der Waals surface area contributed by atoms with Crippen LogP contribution in [-0.2, 0) is 15.7 Å². The summed E-state index contributed by atoms with van der Waals surface area (Å²) >= 11 is 0. The van der Waals surface area contributed by atoms with Gasteiger partial charge in [-0.1, -0.05) is 32.9 Å². The van der Waals surface area contributed by atoms with E-state index in [0.29, 0.717) is 12.2 Å². The summed E-state index contributed by atoms with van der Waals surface area (Å²) < 4.78 is 20.4. The van der Waals surface area contributed by atoms with Gasteiger partial charge in [-0.3, -0.25) is 0 Å². The standard InChI is InChI=1S/C18H29NO3S/c1-8-22-16(20)14-11-9-13(10-12-14)15(17(2,3)4)19-23(21)18(5,6)7/h9-12,15,19H,8H2,1-7H3. The lowest BCUT2D eigenvalue weighted by atomic mass is 9.83. The smallest absolute Gasteiger partial charge is 0.338 e. The molecule has 2 atom stereocenters. The molecule has 1 aromatic rings. The minimum atomic E-state index is -1.17. The minimum absolute atomic E-state index is 0.0844. The van der Waals surface area contributed by atoms with E-state index in [-0.39, 0.29) is 22.2 Å². The molecule has 0 aromatic heterocycles. The maximum absolute atomic E-state index is 12.5. The summed E-state index contributed by atoms with van der Waals surface area (Å²) in [5, 5.41) is 0. The molecule has 1 rings (SSSR count). The predicted molar refractivity (Wildman–Crippen MR) is 95.6 cm³/mol. The molecule has 0 saturated carbocycles. The number of rotatable bonds is 5. The molecule has 2 unspecified atom stereocenters. The van der Waals surface area contributed by atoms with E-state index in [1.165, 1.54) is 0 Å². The summed E-state index contributed by atoms with van der Waals surface area (Å²) in [6, 6.07) is 7.23. The third-order valence-corrected chi connectivity index (χ3v) is 4.96. The molecule has 0 bridgehead atoms. The van der Waals surface area contributed by atoms with Gasteiger partial charge in [0, 0.05) is 6.04 Å². The fraction of sp³-hybridized carbons (Fsp3) is 0.611. The van der Waals surface area contributed by atoms with Crippen molar-refractivity contribution >= 4 is 17.0 Å². The van der Waals surface area contributed by atoms with Crippen molar-refractivity contribution in [3.8, 4) is 0 Å². The molecule has 0 aliphatic heterocycles. The van der Waals surface area contributed by atoms with Crippen molar-refractivity contribution in [3.05, 3.63) is 35.4 Å². The van der Waals surface area contributed by atoms with Crippen molar-refractivity contribution in [3.63, 3.8) is 0 Å². The molecule has 0 spiro atoms.